The molecule has 65 heavy (non-hydrogen) atoms. The molecular formula is C56H109NO8. The minimum absolute atomic E-state index is 0.171. The number of aliphatic hydroxyl groups is 5. The van der Waals surface area contributed by atoms with Crippen LogP contribution in [0.15, 0.2) is 12.2 Å². The van der Waals surface area contributed by atoms with Gasteiger partial charge in [0.05, 0.1) is 25.4 Å². The highest BCUT2D eigenvalue weighted by Crippen LogP contribution is 2.23. The van der Waals surface area contributed by atoms with E-state index in [0.29, 0.717) is 6.42 Å². The number of carbonyl (C=O) groups is 1. The second-order valence-corrected chi connectivity index (χ2v) is 20.1. The monoisotopic (exact) mass is 924 g/mol. The summed E-state index contributed by atoms with van der Waals surface area (Å²) in [7, 11) is 0. The van der Waals surface area contributed by atoms with Crippen LogP contribution in [0, 0.1) is 0 Å². The number of unbranched alkanes of at least 4 members (excludes halogenated alkanes) is 39. The molecule has 6 N–H and O–H groups in total. The van der Waals surface area contributed by atoms with Crippen LogP contribution in [0.1, 0.15) is 284 Å². The van der Waals surface area contributed by atoms with Gasteiger partial charge in [0.25, 0.3) is 0 Å². The number of allylic oxidation sites excluding steroid dienone is 1. The van der Waals surface area contributed by atoms with E-state index in [0.717, 1.165) is 38.5 Å². The summed E-state index contributed by atoms with van der Waals surface area (Å²) in [6.45, 7) is 3.81. The average Bonchev–Trinajstić information content (AvgIpc) is 3.31. The normalized spacial score (nSPS) is 19.9. The fourth-order valence-corrected chi connectivity index (χ4v) is 9.34. The zero-order valence-electron chi connectivity index (χ0n) is 42.8. The topological polar surface area (TPSA) is 149 Å². The second kappa shape index (κ2) is 46.6. The van der Waals surface area contributed by atoms with Gasteiger partial charge in [-0.2, -0.15) is 0 Å². The van der Waals surface area contributed by atoms with Gasteiger partial charge in [-0.1, -0.05) is 270 Å². The van der Waals surface area contributed by atoms with Gasteiger partial charge in [-0.25, -0.2) is 0 Å². The average molecular weight is 924 g/mol. The molecule has 9 heteroatoms. The van der Waals surface area contributed by atoms with E-state index in [-0.39, 0.29) is 12.5 Å². The zero-order chi connectivity index (χ0) is 47.3. The molecule has 0 spiro atoms. The molecule has 0 aromatic heterocycles. The van der Waals surface area contributed by atoms with Crippen LogP contribution in [0.4, 0.5) is 0 Å². The van der Waals surface area contributed by atoms with Crippen LogP contribution < -0.4 is 5.32 Å². The molecule has 0 aliphatic carbocycles. The minimum atomic E-state index is -1.56. The molecule has 0 bridgehead atoms. The van der Waals surface area contributed by atoms with Crippen LogP contribution >= 0.6 is 0 Å². The van der Waals surface area contributed by atoms with Crippen molar-refractivity contribution in [1.82, 2.24) is 5.32 Å². The standard InChI is InChI=1S/C56H109NO8/c1-3-5-7-9-11-13-15-17-19-20-21-22-23-24-25-26-27-28-29-30-31-32-34-36-38-40-42-44-46-52(60)57-49(48-64-56-55(63)54(62)53(61)51(47-58)65-56)50(59)45-43-41-39-37-35-33-18-16-14-12-10-8-6-4-2/h43,45,49-51,53-56,58-59,61-63H,3-42,44,46-48H2,1-2H3,(H,57,60)/b45-43+/t49-,50+,51+,53-,54?,55?,56+/m0/s1. The summed E-state index contributed by atoms with van der Waals surface area (Å²) in [5.41, 5.74) is 0. The zero-order valence-corrected chi connectivity index (χ0v) is 42.8. The van der Waals surface area contributed by atoms with Gasteiger partial charge in [0.1, 0.15) is 24.4 Å². The molecule has 0 aromatic rings. The highest BCUT2D eigenvalue weighted by atomic mass is 16.7. The Kier molecular flexibility index (Phi) is 44.5. The third kappa shape index (κ3) is 36.6. The van der Waals surface area contributed by atoms with E-state index in [9.17, 15) is 30.3 Å². The highest BCUT2D eigenvalue weighted by Gasteiger charge is 2.44. The van der Waals surface area contributed by atoms with Crippen LogP contribution in [0.5, 0.6) is 0 Å². The molecular weight excluding hydrogens is 815 g/mol. The van der Waals surface area contributed by atoms with Crippen molar-refractivity contribution in [3.63, 3.8) is 0 Å². The molecule has 386 valence electrons. The summed E-state index contributed by atoms with van der Waals surface area (Å²) in [4.78, 5) is 13.0. The van der Waals surface area contributed by atoms with Crippen molar-refractivity contribution >= 4 is 5.91 Å². The molecule has 2 unspecified atom stereocenters. The molecule has 1 aliphatic rings. The molecule has 0 aromatic carbocycles. The van der Waals surface area contributed by atoms with Crippen molar-refractivity contribution in [3.05, 3.63) is 12.2 Å². The van der Waals surface area contributed by atoms with Crippen LogP contribution in [0.3, 0.4) is 0 Å². The minimum Gasteiger partial charge on any atom is -0.394 e. The predicted octanol–water partition coefficient (Wildman–Crippen LogP) is 13.6. The van der Waals surface area contributed by atoms with Gasteiger partial charge in [-0.15, -0.1) is 0 Å². The summed E-state index contributed by atoms with van der Waals surface area (Å²) >= 11 is 0. The molecule has 1 saturated heterocycles. The molecule has 7 atom stereocenters. The van der Waals surface area contributed by atoms with Crippen LogP contribution in [0.2, 0.25) is 0 Å². The first-order valence-corrected chi connectivity index (χ1v) is 28.4. The van der Waals surface area contributed by atoms with Gasteiger partial charge >= 0.3 is 0 Å². The summed E-state index contributed by atoms with van der Waals surface area (Å²) in [5, 5.41) is 54.4. The number of hydrogen-bond acceptors (Lipinski definition) is 8. The molecule has 1 rings (SSSR count). The summed E-state index contributed by atoms with van der Waals surface area (Å²) in [6.07, 6.45) is 50.0. The quantitative estimate of drug-likeness (QED) is 0.0261. The van der Waals surface area contributed by atoms with E-state index in [4.69, 9.17) is 9.47 Å². The van der Waals surface area contributed by atoms with E-state index in [1.165, 1.54) is 225 Å². The van der Waals surface area contributed by atoms with Crippen molar-refractivity contribution in [3.8, 4) is 0 Å². The van der Waals surface area contributed by atoms with Crippen molar-refractivity contribution in [1.29, 1.82) is 0 Å². The lowest BCUT2D eigenvalue weighted by Crippen LogP contribution is -2.60. The summed E-state index contributed by atoms with van der Waals surface area (Å²) in [6, 6.07) is -0.799. The van der Waals surface area contributed by atoms with E-state index >= 15 is 0 Å². The van der Waals surface area contributed by atoms with Crippen LogP contribution in [-0.2, 0) is 14.3 Å². The Bertz CT molecular complexity index is 1030. The Labute approximate surface area is 401 Å². The lowest BCUT2D eigenvalue weighted by atomic mass is 9.99. The third-order valence-electron chi connectivity index (χ3n) is 13.9. The largest absolute Gasteiger partial charge is 0.394 e. The Morgan fingerprint density at radius 2 is 0.846 bits per heavy atom. The van der Waals surface area contributed by atoms with Crippen molar-refractivity contribution in [2.24, 2.45) is 0 Å². The fraction of sp³-hybridized carbons (Fsp3) is 0.946. The van der Waals surface area contributed by atoms with Gasteiger partial charge in [-0.3, -0.25) is 4.79 Å². The van der Waals surface area contributed by atoms with Crippen molar-refractivity contribution in [2.45, 2.75) is 326 Å². The fourth-order valence-electron chi connectivity index (χ4n) is 9.34. The molecule has 1 aliphatic heterocycles. The molecule has 1 fully saturated rings. The number of carbonyl (C=O) groups excluding carboxylic acids is 1. The maximum Gasteiger partial charge on any atom is 0.220 e. The van der Waals surface area contributed by atoms with Gasteiger partial charge in [0.2, 0.25) is 5.91 Å². The molecule has 0 saturated carbocycles. The first-order valence-electron chi connectivity index (χ1n) is 28.4. The molecule has 1 heterocycles. The van der Waals surface area contributed by atoms with E-state index in [1.807, 2.05) is 6.08 Å². The van der Waals surface area contributed by atoms with Gasteiger partial charge < -0.3 is 40.3 Å². The van der Waals surface area contributed by atoms with E-state index < -0.39 is 49.5 Å². The number of ether oxygens (including phenoxy) is 2. The van der Waals surface area contributed by atoms with Crippen molar-refractivity contribution in [2.75, 3.05) is 13.2 Å². The summed E-state index contributed by atoms with van der Waals surface area (Å²) in [5.74, 6) is -0.171. The van der Waals surface area contributed by atoms with Gasteiger partial charge in [0.15, 0.2) is 6.29 Å². The first kappa shape index (κ1) is 61.9. The number of nitrogens with one attached hydrogen (secondary N) is 1. The van der Waals surface area contributed by atoms with Gasteiger partial charge in [0, 0.05) is 6.42 Å². The Morgan fingerprint density at radius 1 is 0.508 bits per heavy atom. The number of amides is 1. The SMILES string of the molecule is CCCCCCCCCCCCCC/C=C/[C@@H](O)[C@H](CO[C@@H]1O[C@H](CO)[C@H](O)C(O)C1O)NC(=O)CCCCCCCCCCCCCCCCCCCCCCCCCCCCCC. The van der Waals surface area contributed by atoms with Crippen LogP contribution in [-0.4, -0.2) is 87.5 Å². The predicted molar refractivity (Wildman–Crippen MR) is 272 cm³/mol. The summed E-state index contributed by atoms with van der Waals surface area (Å²) < 4.78 is 11.3. The molecule has 9 nitrogen and oxygen atoms in total. The van der Waals surface area contributed by atoms with E-state index in [2.05, 4.69) is 19.2 Å². The number of hydrogen-bond donors (Lipinski definition) is 6. The Hall–Kier alpha value is -1.07. The highest BCUT2D eigenvalue weighted by molar-refractivity contribution is 5.76. The number of aliphatic hydroxyl groups excluding tert-OH is 5. The maximum atomic E-state index is 13.0. The smallest absolute Gasteiger partial charge is 0.220 e. The molecule has 0 radical (unpaired) electrons. The Morgan fingerprint density at radius 3 is 1.20 bits per heavy atom. The van der Waals surface area contributed by atoms with E-state index in [1.54, 1.807) is 6.08 Å². The number of rotatable bonds is 49. The Balaban J connectivity index is 2.15. The lowest BCUT2D eigenvalue weighted by molar-refractivity contribution is -0.302. The first-order chi connectivity index (χ1) is 31.8. The molecule has 1 amide bonds. The third-order valence-corrected chi connectivity index (χ3v) is 13.9. The maximum absolute atomic E-state index is 13.0. The second-order valence-electron chi connectivity index (χ2n) is 20.1. The van der Waals surface area contributed by atoms with Crippen molar-refractivity contribution < 1.29 is 39.8 Å². The van der Waals surface area contributed by atoms with Gasteiger partial charge in [-0.05, 0) is 19.3 Å². The lowest BCUT2D eigenvalue weighted by Gasteiger charge is -2.40. The van der Waals surface area contributed by atoms with Crippen LogP contribution in [0.25, 0.3) is 0 Å².